The van der Waals surface area contributed by atoms with Crippen molar-refractivity contribution in [1.29, 1.82) is 0 Å². The Kier molecular flexibility index (Phi) is 4.96. The summed E-state index contributed by atoms with van der Waals surface area (Å²) in [6, 6.07) is 8.81. The minimum Gasteiger partial charge on any atom is -0.261 e. The van der Waals surface area contributed by atoms with Crippen molar-refractivity contribution < 1.29 is 4.39 Å². The second kappa shape index (κ2) is 7.31. The summed E-state index contributed by atoms with van der Waals surface area (Å²) in [6.45, 7) is 4.01. The van der Waals surface area contributed by atoms with Gasteiger partial charge >= 0.3 is 0 Å². The Bertz CT molecular complexity index is 910. The number of benzene rings is 1. The van der Waals surface area contributed by atoms with Crippen LogP contribution in [0.15, 0.2) is 53.4 Å². The van der Waals surface area contributed by atoms with Crippen LogP contribution >= 0.6 is 11.3 Å². The third-order valence-electron chi connectivity index (χ3n) is 3.36. The van der Waals surface area contributed by atoms with Crippen molar-refractivity contribution in [2.45, 2.75) is 20.3 Å². The van der Waals surface area contributed by atoms with E-state index in [4.69, 9.17) is 0 Å². The highest BCUT2D eigenvalue weighted by atomic mass is 32.1. The first-order valence-corrected chi connectivity index (χ1v) is 8.34. The zero-order chi connectivity index (χ0) is 16.9. The molecular weight excluding hydrogens is 323 g/mol. The van der Waals surface area contributed by atoms with Crippen molar-refractivity contribution in [2.24, 2.45) is 5.10 Å². The van der Waals surface area contributed by atoms with Crippen molar-refractivity contribution in [3.63, 3.8) is 0 Å². The van der Waals surface area contributed by atoms with Crippen LogP contribution in [0.5, 0.6) is 0 Å². The van der Waals surface area contributed by atoms with E-state index in [1.54, 1.807) is 18.3 Å². The molecule has 0 saturated heterocycles. The Hall–Kier alpha value is -2.60. The van der Waals surface area contributed by atoms with Crippen LogP contribution in [0.2, 0.25) is 0 Å². The number of rotatable bonds is 5. The summed E-state index contributed by atoms with van der Waals surface area (Å²) in [6.07, 6.45) is 5.64. The third kappa shape index (κ3) is 3.83. The second-order valence-corrected chi connectivity index (χ2v) is 6.67. The molecule has 24 heavy (non-hydrogen) atoms. The first-order chi connectivity index (χ1) is 11.6. The minimum atomic E-state index is -0.189. The zero-order valence-corrected chi connectivity index (χ0v) is 14.3. The van der Waals surface area contributed by atoms with Gasteiger partial charge in [-0.05, 0) is 37.6 Å². The monoisotopic (exact) mass is 340 g/mol. The first kappa shape index (κ1) is 16.3. The zero-order valence-electron chi connectivity index (χ0n) is 13.5. The molecule has 0 amide bonds. The second-order valence-electron chi connectivity index (χ2n) is 5.56. The van der Waals surface area contributed by atoms with Gasteiger partial charge in [-0.25, -0.2) is 14.4 Å². The van der Waals surface area contributed by atoms with E-state index in [1.165, 1.54) is 23.7 Å². The first-order valence-electron chi connectivity index (χ1n) is 7.53. The number of anilines is 1. The SMILES string of the molecule is CC(C)=CC=NNc1ncnc2sc(Cc3ccccc3F)cc12. The van der Waals surface area contributed by atoms with E-state index >= 15 is 0 Å². The van der Waals surface area contributed by atoms with E-state index in [0.717, 1.165) is 20.7 Å². The molecule has 0 bridgehead atoms. The fourth-order valence-electron chi connectivity index (χ4n) is 2.20. The molecule has 0 aliphatic carbocycles. The maximum atomic E-state index is 13.8. The lowest BCUT2D eigenvalue weighted by molar-refractivity contribution is 0.614. The number of nitrogens with zero attached hydrogens (tertiary/aromatic N) is 3. The van der Waals surface area contributed by atoms with Gasteiger partial charge in [0, 0.05) is 17.5 Å². The van der Waals surface area contributed by atoms with Crippen molar-refractivity contribution in [1.82, 2.24) is 9.97 Å². The average molecular weight is 340 g/mol. The molecule has 0 aliphatic rings. The topological polar surface area (TPSA) is 50.2 Å². The number of allylic oxidation sites excluding steroid dienone is 2. The van der Waals surface area contributed by atoms with Gasteiger partial charge in [-0.15, -0.1) is 11.3 Å². The number of hydrazone groups is 1. The van der Waals surface area contributed by atoms with Crippen LogP contribution < -0.4 is 5.43 Å². The molecule has 0 saturated carbocycles. The Morgan fingerprint density at radius 3 is 2.92 bits per heavy atom. The molecule has 122 valence electrons. The van der Waals surface area contributed by atoms with Crippen LogP contribution in [0.25, 0.3) is 10.2 Å². The van der Waals surface area contributed by atoms with Gasteiger partial charge in [0.1, 0.15) is 17.0 Å². The molecule has 1 N–H and O–H groups in total. The molecule has 3 aromatic rings. The average Bonchev–Trinajstić information content (AvgIpc) is 2.97. The number of aromatic nitrogens is 2. The molecule has 2 aromatic heterocycles. The van der Waals surface area contributed by atoms with E-state index < -0.39 is 0 Å². The quantitative estimate of drug-likeness (QED) is 0.537. The molecule has 0 unspecified atom stereocenters. The van der Waals surface area contributed by atoms with Crippen LogP contribution in [-0.2, 0) is 6.42 Å². The van der Waals surface area contributed by atoms with Gasteiger partial charge in [-0.2, -0.15) is 5.10 Å². The highest BCUT2D eigenvalue weighted by molar-refractivity contribution is 7.18. The molecule has 6 heteroatoms. The van der Waals surface area contributed by atoms with Gasteiger partial charge in [0.2, 0.25) is 0 Å². The van der Waals surface area contributed by atoms with Gasteiger partial charge in [-0.1, -0.05) is 23.8 Å². The summed E-state index contributed by atoms with van der Waals surface area (Å²) in [7, 11) is 0. The predicted molar refractivity (Wildman–Crippen MR) is 98.2 cm³/mol. The number of hydrogen-bond acceptors (Lipinski definition) is 5. The summed E-state index contributed by atoms with van der Waals surface area (Å²) < 4.78 is 13.8. The summed E-state index contributed by atoms with van der Waals surface area (Å²) >= 11 is 1.54. The molecule has 0 fully saturated rings. The van der Waals surface area contributed by atoms with Crippen LogP contribution in [0.3, 0.4) is 0 Å². The van der Waals surface area contributed by atoms with Crippen molar-refractivity contribution in [3.05, 3.63) is 64.6 Å². The lowest BCUT2D eigenvalue weighted by Crippen LogP contribution is -1.93. The molecule has 1 aromatic carbocycles. The van der Waals surface area contributed by atoms with Gasteiger partial charge in [0.25, 0.3) is 0 Å². The molecule has 0 radical (unpaired) electrons. The van der Waals surface area contributed by atoms with Gasteiger partial charge < -0.3 is 0 Å². The fourth-order valence-corrected chi connectivity index (χ4v) is 3.21. The Labute approximate surface area is 143 Å². The molecule has 0 aliphatic heterocycles. The van der Waals surface area contributed by atoms with Gasteiger partial charge in [0.15, 0.2) is 5.82 Å². The van der Waals surface area contributed by atoms with E-state index in [1.807, 2.05) is 32.1 Å². The highest BCUT2D eigenvalue weighted by Crippen LogP contribution is 2.30. The smallest absolute Gasteiger partial charge is 0.158 e. The Morgan fingerprint density at radius 2 is 2.12 bits per heavy atom. The maximum Gasteiger partial charge on any atom is 0.158 e. The number of fused-ring (bicyclic) bond motifs is 1. The molecule has 0 spiro atoms. The van der Waals surface area contributed by atoms with Crippen LogP contribution in [0, 0.1) is 5.82 Å². The van der Waals surface area contributed by atoms with E-state index in [9.17, 15) is 4.39 Å². The standard InChI is InChI=1S/C18H17FN4S/c1-12(2)7-8-22-23-17-15-10-14(24-18(15)21-11-20-17)9-13-5-3-4-6-16(13)19/h3-8,10-11H,9H2,1-2H3,(H,20,21,23). The molecule has 2 heterocycles. The number of halogens is 1. The summed E-state index contributed by atoms with van der Waals surface area (Å²) in [5.74, 6) is 0.458. The molecule has 4 nitrogen and oxygen atoms in total. The molecule has 3 rings (SSSR count). The fraction of sp³-hybridized carbons (Fsp3) is 0.167. The van der Waals surface area contributed by atoms with Crippen molar-refractivity contribution >= 4 is 33.6 Å². The van der Waals surface area contributed by atoms with Crippen LogP contribution in [0.4, 0.5) is 10.2 Å². The Morgan fingerprint density at radius 1 is 1.29 bits per heavy atom. The molecule has 0 atom stereocenters. The summed E-state index contributed by atoms with van der Waals surface area (Å²) in [4.78, 5) is 10.4. The molecular formula is C18H17FN4S. The van der Waals surface area contributed by atoms with E-state index in [-0.39, 0.29) is 5.82 Å². The Balaban J connectivity index is 1.86. The maximum absolute atomic E-state index is 13.8. The summed E-state index contributed by atoms with van der Waals surface area (Å²) in [5.41, 5.74) is 4.78. The lowest BCUT2D eigenvalue weighted by Gasteiger charge is -2.00. The highest BCUT2D eigenvalue weighted by Gasteiger charge is 2.10. The number of hydrogen-bond donors (Lipinski definition) is 1. The van der Waals surface area contributed by atoms with Gasteiger partial charge in [-0.3, -0.25) is 5.43 Å². The van der Waals surface area contributed by atoms with Gasteiger partial charge in [0.05, 0.1) is 5.39 Å². The van der Waals surface area contributed by atoms with Crippen molar-refractivity contribution in [2.75, 3.05) is 5.43 Å². The largest absolute Gasteiger partial charge is 0.261 e. The third-order valence-corrected chi connectivity index (χ3v) is 4.40. The lowest BCUT2D eigenvalue weighted by atomic mass is 10.1. The number of nitrogens with one attached hydrogen (secondary N) is 1. The minimum absolute atomic E-state index is 0.189. The van der Waals surface area contributed by atoms with E-state index in [2.05, 4.69) is 20.5 Å². The van der Waals surface area contributed by atoms with E-state index in [0.29, 0.717) is 17.8 Å². The van der Waals surface area contributed by atoms with Crippen LogP contribution in [0.1, 0.15) is 24.3 Å². The predicted octanol–water partition coefficient (Wildman–Crippen LogP) is 4.79. The number of thiophene rings is 1. The summed E-state index contributed by atoms with van der Waals surface area (Å²) in [5, 5.41) is 5.03. The van der Waals surface area contributed by atoms with Crippen LogP contribution in [-0.4, -0.2) is 16.2 Å². The van der Waals surface area contributed by atoms with Crippen molar-refractivity contribution in [3.8, 4) is 0 Å². The normalized spacial score (nSPS) is 11.1.